The van der Waals surface area contributed by atoms with E-state index in [1.54, 1.807) is 43.4 Å². The third-order valence-electron chi connectivity index (χ3n) is 2.61. The highest BCUT2D eigenvalue weighted by atomic mass is 79.9. The number of carbonyl (C=O) groups excluding carboxylic acids is 1. The maximum Gasteiger partial charge on any atom is 0.293 e. The van der Waals surface area contributed by atoms with Crippen LogP contribution in [-0.4, -0.2) is 17.9 Å². The molecule has 0 saturated heterocycles. The maximum atomic E-state index is 12.2. The van der Waals surface area contributed by atoms with Crippen LogP contribution < -0.4 is 10.6 Å². The summed E-state index contributed by atoms with van der Waals surface area (Å²) in [6, 6.07) is 10.4. The summed E-state index contributed by atoms with van der Waals surface area (Å²) in [5.74, 6) is 0.0147. The quantitative estimate of drug-likeness (QED) is 0.874. The summed E-state index contributed by atoms with van der Waals surface area (Å²) in [7, 11) is 1.66. The van der Waals surface area contributed by atoms with Gasteiger partial charge in [-0.15, -0.1) is 0 Å². The fourth-order valence-electron chi connectivity index (χ4n) is 1.58. The van der Waals surface area contributed by atoms with Gasteiger partial charge in [0.15, 0.2) is 10.4 Å². The second kappa shape index (κ2) is 5.54. The largest absolute Gasteiger partial charge is 0.444 e. The number of thiocarbonyl (C=S) groups is 1. The fourth-order valence-corrected chi connectivity index (χ4v) is 2.01. The Hall–Kier alpha value is -1.66. The molecule has 2 aromatic rings. The van der Waals surface area contributed by atoms with Gasteiger partial charge in [-0.3, -0.25) is 4.79 Å². The molecule has 1 amide bonds. The zero-order valence-corrected chi connectivity index (χ0v) is 12.5. The van der Waals surface area contributed by atoms with Crippen LogP contribution in [0.25, 0.3) is 0 Å². The van der Waals surface area contributed by atoms with Crippen LogP contribution in [0, 0.1) is 0 Å². The Bertz CT molecular complexity index is 639. The Morgan fingerprint density at radius 2 is 2.11 bits per heavy atom. The van der Waals surface area contributed by atoms with Crippen molar-refractivity contribution in [3.8, 4) is 0 Å². The van der Waals surface area contributed by atoms with Gasteiger partial charge in [-0.25, -0.2) is 0 Å². The molecule has 0 saturated carbocycles. The van der Waals surface area contributed by atoms with Crippen molar-refractivity contribution in [1.82, 2.24) is 0 Å². The second-order valence-electron chi connectivity index (χ2n) is 3.88. The van der Waals surface area contributed by atoms with E-state index in [0.717, 1.165) is 0 Å². The molecule has 0 radical (unpaired) electrons. The summed E-state index contributed by atoms with van der Waals surface area (Å²) in [5, 5.41) is 0. The van der Waals surface area contributed by atoms with Gasteiger partial charge >= 0.3 is 0 Å². The van der Waals surface area contributed by atoms with E-state index in [9.17, 15) is 4.79 Å². The zero-order valence-electron chi connectivity index (χ0n) is 10.1. The minimum absolute atomic E-state index is 0.245. The lowest BCUT2D eigenvalue weighted by atomic mass is 10.2. The van der Waals surface area contributed by atoms with Crippen LogP contribution in [0.4, 0.5) is 5.69 Å². The number of amides is 1. The number of hydrogen-bond acceptors (Lipinski definition) is 3. The maximum absolute atomic E-state index is 12.2. The summed E-state index contributed by atoms with van der Waals surface area (Å²) in [6.45, 7) is 0. The van der Waals surface area contributed by atoms with E-state index in [1.807, 2.05) is 0 Å². The second-order valence-corrected chi connectivity index (χ2v) is 5.10. The first-order valence-electron chi connectivity index (χ1n) is 5.42. The molecule has 98 valence electrons. The van der Waals surface area contributed by atoms with Crippen molar-refractivity contribution in [2.24, 2.45) is 5.73 Å². The van der Waals surface area contributed by atoms with E-state index >= 15 is 0 Å². The normalized spacial score (nSPS) is 10.2. The molecule has 1 aromatic carbocycles. The van der Waals surface area contributed by atoms with Crippen LogP contribution >= 0.6 is 28.1 Å². The third-order valence-corrected chi connectivity index (χ3v) is 3.27. The Morgan fingerprint density at radius 3 is 2.68 bits per heavy atom. The van der Waals surface area contributed by atoms with Crippen LogP contribution in [0.2, 0.25) is 0 Å². The Balaban J connectivity index is 2.28. The average molecular weight is 339 g/mol. The molecule has 1 aromatic heterocycles. The van der Waals surface area contributed by atoms with Crippen LogP contribution in [0.15, 0.2) is 45.5 Å². The summed E-state index contributed by atoms with van der Waals surface area (Å²) in [5.41, 5.74) is 6.99. The summed E-state index contributed by atoms with van der Waals surface area (Å²) < 4.78 is 5.76. The van der Waals surface area contributed by atoms with Crippen molar-refractivity contribution in [2.45, 2.75) is 0 Å². The van der Waals surface area contributed by atoms with Gasteiger partial charge in [0.1, 0.15) is 4.99 Å². The number of furan rings is 1. The van der Waals surface area contributed by atoms with E-state index in [2.05, 4.69) is 15.9 Å². The van der Waals surface area contributed by atoms with Gasteiger partial charge in [-0.05, 0) is 40.2 Å². The van der Waals surface area contributed by atoms with Crippen molar-refractivity contribution >= 4 is 44.7 Å². The summed E-state index contributed by atoms with van der Waals surface area (Å²) >= 11 is 8.09. The first kappa shape index (κ1) is 13.8. The molecule has 0 atom stereocenters. The smallest absolute Gasteiger partial charge is 0.293 e. The topological polar surface area (TPSA) is 59.5 Å². The zero-order chi connectivity index (χ0) is 14.0. The van der Waals surface area contributed by atoms with Crippen molar-refractivity contribution in [3.05, 3.63) is 52.4 Å². The first-order valence-corrected chi connectivity index (χ1v) is 6.62. The number of benzene rings is 1. The molecule has 2 rings (SSSR count). The Kier molecular flexibility index (Phi) is 4.01. The van der Waals surface area contributed by atoms with E-state index in [0.29, 0.717) is 20.9 Å². The third kappa shape index (κ3) is 3.02. The van der Waals surface area contributed by atoms with Gasteiger partial charge in [0.25, 0.3) is 5.91 Å². The van der Waals surface area contributed by atoms with Gasteiger partial charge in [-0.1, -0.05) is 24.4 Å². The van der Waals surface area contributed by atoms with Crippen LogP contribution in [0.5, 0.6) is 0 Å². The number of rotatable bonds is 3. The number of nitrogens with zero attached hydrogens (tertiary/aromatic N) is 1. The molecule has 0 bridgehead atoms. The Morgan fingerprint density at radius 1 is 1.37 bits per heavy atom. The van der Waals surface area contributed by atoms with Gasteiger partial charge < -0.3 is 15.1 Å². The molecule has 0 aliphatic heterocycles. The van der Waals surface area contributed by atoms with Gasteiger partial charge in [0.2, 0.25) is 0 Å². The van der Waals surface area contributed by atoms with Gasteiger partial charge in [-0.2, -0.15) is 0 Å². The fraction of sp³-hybridized carbons (Fsp3) is 0.0769. The molecule has 1 heterocycles. The molecule has 2 N–H and O–H groups in total. The number of anilines is 1. The molecule has 0 spiro atoms. The van der Waals surface area contributed by atoms with Gasteiger partial charge in [0.05, 0.1) is 0 Å². The molecule has 0 fully saturated rings. The predicted octanol–water partition coefficient (Wildman–Crippen LogP) is 2.95. The molecular weight excluding hydrogens is 328 g/mol. The van der Waals surface area contributed by atoms with Crippen LogP contribution in [0.3, 0.4) is 0 Å². The van der Waals surface area contributed by atoms with Crippen molar-refractivity contribution in [3.63, 3.8) is 0 Å². The lowest BCUT2D eigenvalue weighted by molar-refractivity contribution is 0.0965. The number of carbonyl (C=O) groups is 1. The predicted molar refractivity (Wildman–Crippen MR) is 81.5 cm³/mol. The molecule has 19 heavy (non-hydrogen) atoms. The average Bonchev–Trinajstić information content (AvgIpc) is 2.84. The molecule has 6 heteroatoms. The van der Waals surface area contributed by atoms with Gasteiger partial charge in [0, 0.05) is 18.3 Å². The van der Waals surface area contributed by atoms with Crippen LogP contribution in [0.1, 0.15) is 16.1 Å². The standard InChI is InChI=1S/C13H11BrN2O2S/c1-16(13(17)10-5-6-11(14)18-10)9-4-2-3-8(7-9)12(15)19/h2-7H,1H3,(H2,15,19). The molecule has 4 nitrogen and oxygen atoms in total. The Labute approximate surface area is 124 Å². The number of nitrogens with two attached hydrogens (primary N) is 1. The molecule has 0 aliphatic rings. The highest BCUT2D eigenvalue weighted by molar-refractivity contribution is 9.10. The monoisotopic (exact) mass is 338 g/mol. The summed E-state index contributed by atoms with van der Waals surface area (Å²) in [6.07, 6.45) is 0. The number of hydrogen-bond donors (Lipinski definition) is 1. The van der Waals surface area contributed by atoms with E-state index in [-0.39, 0.29) is 11.7 Å². The first-order chi connectivity index (χ1) is 8.99. The number of halogens is 1. The molecule has 0 aliphatic carbocycles. The highest BCUT2D eigenvalue weighted by Gasteiger charge is 2.17. The van der Waals surface area contributed by atoms with Crippen molar-refractivity contribution in [2.75, 3.05) is 11.9 Å². The van der Waals surface area contributed by atoms with E-state index in [1.165, 1.54) is 4.90 Å². The van der Waals surface area contributed by atoms with E-state index < -0.39 is 0 Å². The molecule has 0 unspecified atom stereocenters. The minimum Gasteiger partial charge on any atom is -0.444 e. The summed E-state index contributed by atoms with van der Waals surface area (Å²) in [4.78, 5) is 14.0. The molecular formula is C13H11BrN2O2S. The van der Waals surface area contributed by atoms with E-state index in [4.69, 9.17) is 22.4 Å². The van der Waals surface area contributed by atoms with Crippen LogP contribution in [-0.2, 0) is 0 Å². The van der Waals surface area contributed by atoms with Crippen molar-refractivity contribution < 1.29 is 9.21 Å². The van der Waals surface area contributed by atoms with Crippen molar-refractivity contribution in [1.29, 1.82) is 0 Å². The lowest BCUT2D eigenvalue weighted by Crippen LogP contribution is -2.26. The minimum atomic E-state index is -0.245. The lowest BCUT2D eigenvalue weighted by Gasteiger charge is -2.16. The highest BCUT2D eigenvalue weighted by Crippen LogP contribution is 2.20. The SMILES string of the molecule is CN(C(=O)c1ccc(Br)o1)c1cccc(C(N)=S)c1.